The molecule has 1 aromatic rings. The maximum atomic E-state index is 10.6. The first kappa shape index (κ1) is 15.9. The molecule has 1 atom stereocenters. The Balaban J connectivity index is 1.97. The quantitative estimate of drug-likeness (QED) is 0.840. The zero-order chi connectivity index (χ0) is 14.4. The van der Waals surface area contributed by atoms with Gasteiger partial charge in [0.2, 0.25) is 0 Å². The van der Waals surface area contributed by atoms with Crippen molar-refractivity contribution in [2.24, 2.45) is 5.92 Å². The molecule has 1 fully saturated rings. The Bertz CT molecular complexity index is 387. The molecule has 1 unspecified atom stereocenters. The van der Waals surface area contributed by atoms with Crippen LogP contribution >= 0.6 is 11.8 Å². The lowest BCUT2D eigenvalue weighted by Gasteiger charge is -2.34. The molecule has 20 heavy (non-hydrogen) atoms. The lowest BCUT2D eigenvalue weighted by atomic mass is 9.93. The third-order valence-electron chi connectivity index (χ3n) is 4.01. The van der Waals surface area contributed by atoms with Gasteiger partial charge in [0.05, 0.1) is 5.60 Å². The molecule has 0 bridgehead atoms. The van der Waals surface area contributed by atoms with Crippen molar-refractivity contribution >= 4 is 11.8 Å². The van der Waals surface area contributed by atoms with Gasteiger partial charge in [0, 0.05) is 12.6 Å². The molecule has 0 amide bonds. The Morgan fingerprint density at radius 3 is 2.45 bits per heavy atom. The van der Waals surface area contributed by atoms with E-state index in [1.54, 1.807) is 0 Å². The van der Waals surface area contributed by atoms with Crippen LogP contribution in [0.15, 0.2) is 30.3 Å². The summed E-state index contributed by atoms with van der Waals surface area (Å²) >= 11 is 1.95. The molecule has 1 saturated heterocycles. The SMILES string of the molecule is CC(C)CC(NCC1(O)CCSCC1)c1ccccc1. The summed E-state index contributed by atoms with van der Waals surface area (Å²) < 4.78 is 0. The first-order valence-corrected chi connectivity index (χ1v) is 8.83. The summed E-state index contributed by atoms with van der Waals surface area (Å²) in [5.41, 5.74) is 0.824. The Hall–Kier alpha value is -0.510. The second-order valence-corrected chi connectivity index (χ2v) is 7.54. The van der Waals surface area contributed by atoms with Gasteiger partial charge in [0.25, 0.3) is 0 Å². The van der Waals surface area contributed by atoms with Gasteiger partial charge in [0.1, 0.15) is 0 Å². The monoisotopic (exact) mass is 293 g/mol. The average molecular weight is 293 g/mol. The van der Waals surface area contributed by atoms with Crippen LogP contribution in [0, 0.1) is 5.92 Å². The average Bonchev–Trinajstić information content (AvgIpc) is 2.45. The number of nitrogens with one attached hydrogen (secondary N) is 1. The van der Waals surface area contributed by atoms with Crippen LogP contribution in [0.5, 0.6) is 0 Å². The van der Waals surface area contributed by atoms with Crippen molar-refractivity contribution in [1.82, 2.24) is 5.32 Å². The number of thioether (sulfide) groups is 1. The van der Waals surface area contributed by atoms with Gasteiger partial charge in [0.15, 0.2) is 0 Å². The van der Waals surface area contributed by atoms with Gasteiger partial charge >= 0.3 is 0 Å². The van der Waals surface area contributed by atoms with Crippen molar-refractivity contribution in [2.75, 3.05) is 18.1 Å². The van der Waals surface area contributed by atoms with Crippen LogP contribution < -0.4 is 5.32 Å². The van der Waals surface area contributed by atoms with Crippen molar-refractivity contribution in [3.05, 3.63) is 35.9 Å². The van der Waals surface area contributed by atoms with Crippen molar-refractivity contribution < 1.29 is 5.11 Å². The molecule has 0 spiro atoms. The van der Waals surface area contributed by atoms with E-state index in [2.05, 4.69) is 49.5 Å². The number of hydrogen-bond acceptors (Lipinski definition) is 3. The molecule has 2 nitrogen and oxygen atoms in total. The highest BCUT2D eigenvalue weighted by atomic mass is 32.2. The Labute approximate surface area is 127 Å². The molecule has 1 aliphatic rings. The third kappa shape index (κ3) is 4.80. The van der Waals surface area contributed by atoms with Crippen molar-refractivity contribution in [3.63, 3.8) is 0 Å². The Kier molecular flexibility index (Phi) is 5.94. The minimum Gasteiger partial charge on any atom is -0.389 e. The maximum absolute atomic E-state index is 10.6. The van der Waals surface area contributed by atoms with Gasteiger partial charge in [-0.25, -0.2) is 0 Å². The highest BCUT2D eigenvalue weighted by Gasteiger charge is 2.30. The van der Waals surface area contributed by atoms with Crippen LogP contribution in [0.25, 0.3) is 0 Å². The first-order chi connectivity index (χ1) is 9.59. The summed E-state index contributed by atoms with van der Waals surface area (Å²) in [6.07, 6.45) is 2.93. The molecular weight excluding hydrogens is 266 g/mol. The zero-order valence-corrected chi connectivity index (χ0v) is 13.5. The van der Waals surface area contributed by atoms with E-state index in [4.69, 9.17) is 0 Å². The smallest absolute Gasteiger partial charge is 0.0787 e. The first-order valence-electron chi connectivity index (χ1n) is 7.67. The molecule has 0 radical (unpaired) electrons. The topological polar surface area (TPSA) is 32.3 Å². The van der Waals surface area contributed by atoms with E-state index in [-0.39, 0.29) is 0 Å². The number of rotatable bonds is 6. The minimum atomic E-state index is -0.505. The van der Waals surface area contributed by atoms with Crippen molar-refractivity contribution in [2.45, 2.75) is 44.8 Å². The van der Waals surface area contributed by atoms with Gasteiger partial charge < -0.3 is 10.4 Å². The summed E-state index contributed by atoms with van der Waals surface area (Å²) in [7, 11) is 0. The predicted octanol–water partition coefficient (Wildman–Crippen LogP) is 3.62. The molecule has 0 aromatic heterocycles. The van der Waals surface area contributed by atoms with Crippen molar-refractivity contribution in [3.8, 4) is 0 Å². The van der Waals surface area contributed by atoms with Gasteiger partial charge in [-0.2, -0.15) is 11.8 Å². The number of aliphatic hydroxyl groups is 1. The third-order valence-corrected chi connectivity index (χ3v) is 5.00. The second kappa shape index (κ2) is 7.48. The fraction of sp³-hybridized carbons (Fsp3) is 0.647. The van der Waals surface area contributed by atoms with Gasteiger partial charge in [-0.05, 0) is 42.2 Å². The lowest BCUT2D eigenvalue weighted by Crippen LogP contribution is -2.44. The molecule has 2 N–H and O–H groups in total. The van der Waals surface area contributed by atoms with Crippen LogP contribution in [-0.2, 0) is 0 Å². The summed E-state index contributed by atoms with van der Waals surface area (Å²) in [5.74, 6) is 2.81. The molecule has 112 valence electrons. The number of hydrogen-bond donors (Lipinski definition) is 2. The molecule has 1 aromatic carbocycles. The van der Waals surface area contributed by atoms with E-state index in [1.165, 1.54) is 5.56 Å². The predicted molar refractivity (Wildman–Crippen MR) is 88.1 cm³/mol. The van der Waals surface area contributed by atoms with Gasteiger partial charge in [-0.15, -0.1) is 0 Å². The lowest BCUT2D eigenvalue weighted by molar-refractivity contribution is 0.0288. The normalized spacial score (nSPS) is 20.0. The fourth-order valence-electron chi connectivity index (χ4n) is 2.74. The standard InChI is InChI=1S/C17H27NOS/c1-14(2)12-16(15-6-4-3-5-7-15)18-13-17(19)8-10-20-11-9-17/h3-7,14,16,18-19H,8-13H2,1-2H3. The summed E-state index contributed by atoms with van der Waals surface area (Å²) in [4.78, 5) is 0. The Morgan fingerprint density at radius 2 is 1.85 bits per heavy atom. The van der Waals surface area contributed by atoms with Crippen LogP contribution in [0.3, 0.4) is 0 Å². The molecule has 2 rings (SSSR count). The van der Waals surface area contributed by atoms with Gasteiger partial charge in [-0.1, -0.05) is 44.2 Å². The van der Waals surface area contributed by atoms with Crippen LogP contribution in [-0.4, -0.2) is 28.8 Å². The van der Waals surface area contributed by atoms with Crippen LogP contribution in [0.1, 0.15) is 44.7 Å². The molecule has 0 aliphatic carbocycles. The minimum absolute atomic E-state index is 0.342. The van der Waals surface area contributed by atoms with E-state index < -0.39 is 5.60 Å². The molecular formula is C17H27NOS. The molecule has 1 aliphatic heterocycles. The second-order valence-electron chi connectivity index (χ2n) is 6.31. The Morgan fingerprint density at radius 1 is 1.20 bits per heavy atom. The van der Waals surface area contributed by atoms with E-state index >= 15 is 0 Å². The highest BCUT2D eigenvalue weighted by molar-refractivity contribution is 7.99. The highest BCUT2D eigenvalue weighted by Crippen LogP contribution is 2.28. The van der Waals surface area contributed by atoms with E-state index in [9.17, 15) is 5.11 Å². The summed E-state index contributed by atoms with van der Waals surface area (Å²) in [6, 6.07) is 10.9. The summed E-state index contributed by atoms with van der Waals surface area (Å²) in [5, 5.41) is 14.2. The molecule has 1 heterocycles. The van der Waals surface area contributed by atoms with Crippen LogP contribution in [0.4, 0.5) is 0 Å². The molecule has 0 saturated carbocycles. The van der Waals surface area contributed by atoms with Crippen LogP contribution in [0.2, 0.25) is 0 Å². The number of benzene rings is 1. The van der Waals surface area contributed by atoms with E-state index in [0.29, 0.717) is 18.5 Å². The fourth-order valence-corrected chi connectivity index (χ4v) is 3.99. The van der Waals surface area contributed by atoms with Gasteiger partial charge in [-0.3, -0.25) is 0 Å². The maximum Gasteiger partial charge on any atom is 0.0787 e. The molecule has 3 heteroatoms. The van der Waals surface area contributed by atoms with Crippen molar-refractivity contribution in [1.29, 1.82) is 0 Å². The van der Waals surface area contributed by atoms with E-state index in [0.717, 1.165) is 30.8 Å². The largest absolute Gasteiger partial charge is 0.389 e. The van der Waals surface area contributed by atoms with E-state index in [1.807, 2.05) is 11.8 Å². The zero-order valence-electron chi connectivity index (χ0n) is 12.6. The summed E-state index contributed by atoms with van der Waals surface area (Å²) in [6.45, 7) is 5.22.